The van der Waals surface area contributed by atoms with Crippen molar-refractivity contribution in [3.8, 4) is 17.5 Å². The molecule has 5 heteroatoms. The van der Waals surface area contributed by atoms with Gasteiger partial charge in [-0.05, 0) is 37.3 Å². The van der Waals surface area contributed by atoms with Gasteiger partial charge in [0.1, 0.15) is 11.8 Å². The fraction of sp³-hybridized carbons (Fsp3) is 0.158. The first-order valence-corrected chi connectivity index (χ1v) is 8.52. The number of benzene rings is 2. The molecule has 0 aliphatic rings. The quantitative estimate of drug-likeness (QED) is 0.650. The number of nitrogens with zero attached hydrogens (tertiary/aromatic N) is 3. The van der Waals surface area contributed by atoms with Gasteiger partial charge in [-0.3, -0.25) is 0 Å². The Morgan fingerprint density at radius 2 is 1.96 bits per heavy atom. The second-order valence-corrected chi connectivity index (χ2v) is 6.28. The van der Waals surface area contributed by atoms with Crippen LogP contribution in [0.3, 0.4) is 0 Å². The molecule has 0 aliphatic carbocycles. The van der Waals surface area contributed by atoms with Crippen molar-refractivity contribution in [2.45, 2.75) is 17.6 Å². The minimum atomic E-state index is 0.647. The summed E-state index contributed by atoms with van der Waals surface area (Å²) in [5.74, 6) is 1.49. The minimum absolute atomic E-state index is 0.647. The van der Waals surface area contributed by atoms with Crippen LogP contribution >= 0.6 is 11.8 Å². The van der Waals surface area contributed by atoms with Gasteiger partial charge >= 0.3 is 0 Å². The largest absolute Gasteiger partial charge is 0.497 e. The SMILES string of the molecule is COc1cccc(SCc2c(C#N)c(C)nn2-c2ccccc2)c1. The van der Waals surface area contributed by atoms with Gasteiger partial charge in [0.15, 0.2) is 0 Å². The van der Waals surface area contributed by atoms with Gasteiger partial charge in [-0.2, -0.15) is 10.4 Å². The smallest absolute Gasteiger partial charge is 0.119 e. The van der Waals surface area contributed by atoms with Crippen LogP contribution in [0.25, 0.3) is 5.69 Å². The molecule has 1 aromatic heterocycles. The average molecular weight is 335 g/mol. The zero-order valence-electron chi connectivity index (χ0n) is 13.6. The van der Waals surface area contributed by atoms with E-state index in [1.807, 2.05) is 66.2 Å². The molecule has 0 radical (unpaired) electrons. The summed E-state index contributed by atoms with van der Waals surface area (Å²) < 4.78 is 7.13. The molecule has 0 N–H and O–H groups in total. The zero-order chi connectivity index (χ0) is 16.9. The molecule has 0 bridgehead atoms. The summed E-state index contributed by atoms with van der Waals surface area (Å²) in [5, 5.41) is 14.1. The Kier molecular flexibility index (Phi) is 4.88. The lowest BCUT2D eigenvalue weighted by atomic mass is 10.2. The van der Waals surface area contributed by atoms with E-state index < -0.39 is 0 Å². The molecule has 24 heavy (non-hydrogen) atoms. The Bertz CT molecular complexity index is 881. The summed E-state index contributed by atoms with van der Waals surface area (Å²) in [5.41, 5.74) is 3.27. The fourth-order valence-electron chi connectivity index (χ4n) is 2.48. The van der Waals surface area contributed by atoms with Crippen LogP contribution < -0.4 is 4.74 Å². The number of rotatable bonds is 5. The molecule has 3 aromatic rings. The lowest BCUT2D eigenvalue weighted by Crippen LogP contribution is -2.02. The van der Waals surface area contributed by atoms with Gasteiger partial charge in [-0.1, -0.05) is 24.3 Å². The van der Waals surface area contributed by atoms with Gasteiger partial charge in [0.25, 0.3) is 0 Å². The van der Waals surface area contributed by atoms with Crippen molar-refractivity contribution in [3.63, 3.8) is 0 Å². The number of ether oxygens (including phenoxy) is 1. The summed E-state index contributed by atoms with van der Waals surface area (Å²) in [7, 11) is 1.66. The molecule has 4 nitrogen and oxygen atoms in total. The second-order valence-electron chi connectivity index (χ2n) is 5.23. The number of aryl methyl sites for hydroxylation is 1. The van der Waals surface area contributed by atoms with Crippen LogP contribution in [0.15, 0.2) is 59.5 Å². The maximum Gasteiger partial charge on any atom is 0.119 e. The number of hydrogen-bond acceptors (Lipinski definition) is 4. The molecule has 3 rings (SSSR count). The molecule has 2 aromatic carbocycles. The van der Waals surface area contributed by atoms with Crippen LogP contribution in [0.4, 0.5) is 0 Å². The highest BCUT2D eigenvalue weighted by Gasteiger charge is 2.16. The molecule has 0 aliphatic heterocycles. The van der Waals surface area contributed by atoms with Gasteiger partial charge in [0.2, 0.25) is 0 Å². The molecule has 120 valence electrons. The minimum Gasteiger partial charge on any atom is -0.497 e. The van der Waals surface area contributed by atoms with Crippen molar-refractivity contribution in [1.82, 2.24) is 9.78 Å². The van der Waals surface area contributed by atoms with E-state index in [0.29, 0.717) is 11.3 Å². The maximum atomic E-state index is 9.51. The van der Waals surface area contributed by atoms with Crippen molar-refractivity contribution >= 4 is 11.8 Å². The molecule has 0 fully saturated rings. The Labute approximate surface area is 145 Å². The number of nitriles is 1. The van der Waals surface area contributed by atoms with E-state index in [4.69, 9.17) is 4.74 Å². The van der Waals surface area contributed by atoms with E-state index >= 15 is 0 Å². The molecule has 0 saturated carbocycles. The topological polar surface area (TPSA) is 50.8 Å². The van der Waals surface area contributed by atoms with E-state index in [9.17, 15) is 5.26 Å². The van der Waals surface area contributed by atoms with E-state index in [1.165, 1.54) is 0 Å². The molecule has 0 spiro atoms. The number of thioether (sulfide) groups is 1. The highest BCUT2D eigenvalue weighted by atomic mass is 32.2. The predicted molar refractivity (Wildman–Crippen MR) is 95.6 cm³/mol. The van der Waals surface area contributed by atoms with Crippen molar-refractivity contribution in [2.75, 3.05) is 7.11 Å². The van der Waals surface area contributed by atoms with Gasteiger partial charge in [-0.25, -0.2) is 4.68 Å². The standard InChI is InChI=1S/C19H17N3OS/c1-14-18(12-20)19(22(21-14)15-7-4-3-5-8-15)13-24-17-10-6-9-16(11-17)23-2/h3-11H,13H2,1-2H3. The number of aromatic nitrogens is 2. The molecular weight excluding hydrogens is 318 g/mol. The molecule has 0 atom stereocenters. The summed E-state index contributed by atoms with van der Waals surface area (Å²) in [6.07, 6.45) is 0. The fourth-order valence-corrected chi connectivity index (χ4v) is 3.42. The summed E-state index contributed by atoms with van der Waals surface area (Å²) in [6, 6.07) is 20.1. The van der Waals surface area contributed by atoms with Crippen LogP contribution in [-0.2, 0) is 5.75 Å². The van der Waals surface area contributed by atoms with Crippen LogP contribution in [0.2, 0.25) is 0 Å². The lowest BCUT2D eigenvalue weighted by Gasteiger charge is -2.08. The normalized spacial score (nSPS) is 10.4. The highest BCUT2D eigenvalue weighted by Crippen LogP contribution is 2.29. The van der Waals surface area contributed by atoms with Gasteiger partial charge < -0.3 is 4.74 Å². The number of methoxy groups -OCH3 is 1. The van der Waals surface area contributed by atoms with Crippen molar-refractivity contribution in [1.29, 1.82) is 5.26 Å². The Balaban J connectivity index is 1.93. The number of hydrogen-bond donors (Lipinski definition) is 0. The predicted octanol–water partition coefficient (Wildman–Crippen LogP) is 4.35. The van der Waals surface area contributed by atoms with Crippen LogP contribution in [-0.4, -0.2) is 16.9 Å². The molecule has 1 heterocycles. The first-order chi connectivity index (χ1) is 11.7. The van der Waals surface area contributed by atoms with E-state index in [0.717, 1.165) is 27.7 Å². The first kappa shape index (κ1) is 16.2. The molecule has 0 saturated heterocycles. The third kappa shape index (κ3) is 3.29. The van der Waals surface area contributed by atoms with Gasteiger partial charge in [0, 0.05) is 10.6 Å². The van der Waals surface area contributed by atoms with Crippen molar-refractivity contribution < 1.29 is 4.74 Å². The highest BCUT2D eigenvalue weighted by molar-refractivity contribution is 7.98. The molecular formula is C19H17N3OS. The molecule has 0 unspecified atom stereocenters. The average Bonchev–Trinajstić information content (AvgIpc) is 2.96. The van der Waals surface area contributed by atoms with Crippen LogP contribution in [0.5, 0.6) is 5.75 Å². The first-order valence-electron chi connectivity index (χ1n) is 7.54. The Hall–Kier alpha value is -2.71. The zero-order valence-corrected chi connectivity index (χ0v) is 14.4. The lowest BCUT2D eigenvalue weighted by molar-refractivity contribution is 0.413. The van der Waals surface area contributed by atoms with E-state index in [1.54, 1.807) is 18.9 Å². The van der Waals surface area contributed by atoms with Crippen LogP contribution in [0, 0.1) is 18.3 Å². The van der Waals surface area contributed by atoms with Gasteiger partial charge in [-0.15, -0.1) is 11.8 Å². The van der Waals surface area contributed by atoms with Gasteiger partial charge in [0.05, 0.1) is 29.7 Å². The Morgan fingerprint density at radius 1 is 1.17 bits per heavy atom. The summed E-state index contributed by atoms with van der Waals surface area (Å²) in [6.45, 7) is 1.87. The number of para-hydroxylation sites is 1. The second kappa shape index (κ2) is 7.24. The summed E-state index contributed by atoms with van der Waals surface area (Å²) >= 11 is 1.66. The maximum absolute atomic E-state index is 9.51. The summed E-state index contributed by atoms with van der Waals surface area (Å²) in [4.78, 5) is 1.09. The Morgan fingerprint density at radius 3 is 2.67 bits per heavy atom. The van der Waals surface area contributed by atoms with E-state index in [-0.39, 0.29) is 0 Å². The third-order valence-electron chi connectivity index (χ3n) is 3.69. The van der Waals surface area contributed by atoms with Crippen molar-refractivity contribution in [2.24, 2.45) is 0 Å². The van der Waals surface area contributed by atoms with Crippen LogP contribution in [0.1, 0.15) is 17.0 Å². The van der Waals surface area contributed by atoms with E-state index in [2.05, 4.69) is 11.2 Å². The molecule has 0 amide bonds. The third-order valence-corrected chi connectivity index (χ3v) is 4.69. The van der Waals surface area contributed by atoms with Crippen molar-refractivity contribution in [3.05, 3.63) is 71.5 Å². The monoisotopic (exact) mass is 335 g/mol.